The molecule has 1 saturated heterocycles. The zero-order valence-electron chi connectivity index (χ0n) is 12.3. The number of carbonyl (C=O) groups excluding carboxylic acids is 1. The third-order valence-electron chi connectivity index (χ3n) is 3.28. The van der Waals surface area contributed by atoms with E-state index >= 15 is 0 Å². The quantitative estimate of drug-likeness (QED) is 0.478. The van der Waals surface area contributed by atoms with E-state index in [-0.39, 0.29) is 11.9 Å². The minimum atomic E-state index is -0.191. The van der Waals surface area contributed by atoms with Gasteiger partial charge in [0, 0.05) is 37.7 Å². The second-order valence-corrected chi connectivity index (χ2v) is 6.11. The molecule has 6 heteroatoms. The highest BCUT2D eigenvalue weighted by atomic mass is 32.2. The molecule has 1 aliphatic rings. The minimum Gasteiger partial charge on any atom is -0.469 e. The van der Waals surface area contributed by atoms with Crippen molar-refractivity contribution in [2.45, 2.75) is 25.5 Å². The van der Waals surface area contributed by atoms with E-state index < -0.39 is 0 Å². The first-order valence-corrected chi connectivity index (χ1v) is 7.82. The molecule has 0 aliphatic carbocycles. The van der Waals surface area contributed by atoms with Crippen LogP contribution in [-0.2, 0) is 9.53 Å². The molecule has 0 saturated carbocycles. The molecular formula is C13H25N3O2S. The van der Waals surface area contributed by atoms with E-state index in [9.17, 15) is 4.79 Å². The molecule has 0 aromatic carbocycles. The highest BCUT2D eigenvalue weighted by molar-refractivity contribution is 8.00. The Morgan fingerprint density at radius 3 is 2.95 bits per heavy atom. The lowest BCUT2D eigenvalue weighted by Gasteiger charge is -2.34. The summed E-state index contributed by atoms with van der Waals surface area (Å²) in [6.45, 7) is 6.66. The molecule has 1 heterocycles. The maximum Gasteiger partial charge on any atom is 0.310 e. The number of hydrogen-bond donors (Lipinski definition) is 1. The van der Waals surface area contributed by atoms with Crippen LogP contribution in [0.1, 0.15) is 20.3 Å². The Morgan fingerprint density at radius 1 is 1.63 bits per heavy atom. The monoisotopic (exact) mass is 287 g/mol. The van der Waals surface area contributed by atoms with E-state index in [2.05, 4.69) is 22.1 Å². The van der Waals surface area contributed by atoms with Crippen molar-refractivity contribution in [3.05, 3.63) is 0 Å². The first-order valence-electron chi connectivity index (χ1n) is 6.77. The van der Waals surface area contributed by atoms with Crippen LogP contribution in [0.25, 0.3) is 0 Å². The van der Waals surface area contributed by atoms with Gasteiger partial charge in [0.1, 0.15) is 0 Å². The average molecular weight is 287 g/mol. The van der Waals surface area contributed by atoms with Gasteiger partial charge in [-0.05, 0) is 6.42 Å². The molecule has 1 aliphatic heterocycles. The van der Waals surface area contributed by atoms with Crippen molar-refractivity contribution in [1.82, 2.24) is 10.2 Å². The number of esters is 1. The van der Waals surface area contributed by atoms with Crippen LogP contribution >= 0.6 is 11.8 Å². The number of aliphatic imine (C=N–C) groups is 1. The van der Waals surface area contributed by atoms with Crippen LogP contribution in [0.4, 0.5) is 0 Å². The summed E-state index contributed by atoms with van der Waals surface area (Å²) in [5.41, 5.74) is 0. The summed E-state index contributed by atoms with van der Waals surface area (Å²) in [6, 6.07) is 0. The van der Waals surface area contributed by atoms with Crippen molar-refractivity contribution in [1.29, 1.82) is 0 Å². The SMILES string of the molecule is CCC1CN(C(=NC)NCC(C)C(=O)OC)CCS1. The van der Waals surface area contributed by atoms with Gasteiger partial charge in [0.25, 0.3) is 0 Å². The van der Waals surface area contributed by atoms with Gasteiger partial charge in [0.2, 0.25) is 0 Å². The first kappa shape index (κ1) is 16.1. The zero-order chi connectivity index (χ0) is 14.3. The number of nitrogens with zero attached hydrogens (tertiary/aromatic N) is 2. The first-order chi connectivity index (χ1) is 9.12. The van der Waals surface area contributed by atoms with Gasteiger partial charge in [-0.1, -0.05) is 13.8 Å². The fraction of sp³-hybridized carbons (Fsp3) is 0.846. The van der Waals surface area contributed by atoms with Gasteiger partial charge < -0.3 is 15.0 Å². The molecule has 0 bridgehead atoms. The molecule has 1 N–H and O–H groups in total. The number of nitrogens with one attached hydrogen (secondary N) is 1. The second kappa shape index (κ2) is 8.30. The molecule has 5 nitrogen and oxygen atoms in total. The van der Waals surface area contributed by atoms with Crippen molar-refractivity contribution >= 4 is 23.7 Å². The normalized spacial score (nSPS) is 22.0. The number of guanidine groups is 1. The van der Waals surface area contributed by atoms with Crippen LogP contribution in [-0.4, -0.2) is 61.6 Å². The maximum absolute atomic E-state index is 11.4. The molecule has 2 atom stereocenters. The van der Waals surface area contributed by atoms with Gasteiger partial charge in [0.05, 0.1) is 13.0 Å². The lowest BCUT2D eigenvalue weighted by molar-refractivity contribution is -0.144. The lowest BCUT2D eigenvalue weighted by Crippen LogP contribution is -2.49. The smallest absolute Gasteiger partial charge is 0.310 e. The molecule has 1 rings (SSSR count). The average Bonchev–Trinajstić information content (AvgIpc) is 2.47. The van der Waals surface area contributed by atoms with Crippen molar-refractivity contribution in [2.75, 3.05) is 39.5 Å². The van der Waals surface area contributed by atoms with E-state index in [4.69, 9.17) is 4.74 Å². The predicted molar refractivity (Wildman–Crippen MR) is 80.7 cm³/mol. The van der Waals surface area contributed by atoms with Crippen LogP contribution in [0.5, 0.6) is 0 Å². The Kier molecular flexibility index (Phi) is 7.05. The van der Waals surface area contributed by atoms with Gasteiger partial charge >= 0.3 is 5.97 Å². The topological polar surface area (TPSA) is 53.9 Å². The molecule has 0 aromatic rings. The van der Waals surface area contributed by atoms with E-state index in [1.165, 1.54) is 13.5 Å². The summed E-state index contributed by atoms with van der Waals surface area (Å²) in [6.07, 6.45) is 1.18. The number of methoxy groups -OCH3 is 1. The lowest BCUT2D eigenvalue weighted by atomic mass is 10.2. The van der Waals surface area contributed by atoms with E-state index in [1.54, 1.807) is 7.05 Å². The van der Waals surface area contributed by atoms with Crippen LogP contribution in [0.2, 0.25) is 0 Å². The number of rotatable bonds is 4. The van der Waals surface area contributed by atoms with Crippen molar-refractivity contribution in [2.24, 2.45) is 10.9 Å². The molecule has 19 heavy (non-hydrogen) atoms. The summed E-state index contributed by atoms with van der Waals surface area (Å²) >= 11 is 2.03. The largest absolute Gasteiger partial charge is 0.469 e. The fourth-order valence-electron chi connectivity index (χ4n) is 2.02. The number of carbonyl (C=O) groups is 1. The third-order valence-corrected chi connectivity index (χ3v) is 4.65. The molecule has 1 fully saturated rings. The Labute approximate surface area is 120 Å². The van der Waals surface area contributed by atoms with Crippen molar-refractivity contribution in [3.8, 4) is 0 Å². The molecule has 0 amide bonds. The number of thioether (sulfide) groups is 1. The Balaban J connectivity index is 2.47. The summed E-state index contributed by atoms with van der Waals surface area (Å²) in [5, 5.41) is 3.94. The molecule has 0 aromatic heterocycles. The fourth-order valence-corrected chi connectivity index (χ4v) is 3.20. The third kappa shape index (κ3) is 4.93. The highest BCUT2D eigenvalue weighted by Crippen LogP contribution is 2.20. The van der Waals surface area contributed by atoms with Crippen molar-refractivity contribution in [3.63, 3.8) is 0 Å². The summed E-state index contributed by atoms with van der Waals surface area (Å²) in [4.78, 5) is 17.9. The maximum atomic E-state index is 11.4. The van der Waals surface area contributed by atoms with Gasteiger partial charge in [-0.2, -0.15) is 11.8 Å². The molecule has 110 valence electrons. The van der Waals surface area contributed by atoms with E-state index in [0.29, 0.717) is 11.8 Å². The Bertz CT molecular complexity index is 323. The second-order valence-electron chi connectivity index (χ2n) is 4.70. The summed E-state index contributed by atoms with van der Waals surface area (Å²) < 4.78 is 4.72. The highest BCUT2D eigenvalue weighted by Gasteiger charge is 2.22. The van der Waals surface area contributed by atoms with Crippen LogP contribution in [0, 0.1) is 5.92 Å². The number of hydrogen-bond acceptors (Lipinski definition) is 4. The molecular weight excluding hydrogens is 262 g/mol. The van der Waals surface area contributed by atoms with Crippen LogP contribution < -0.4 is 5.32 Å². The predicted octanol–water partition coefficient (Wildman–Crippen LogP) is 1.20. The van der Waals surface area contributed by atoms with E-state index in [1.807, 2.05) is 18.7 Å². The minimum absolute atomic E-state index is 0.164. The van der Waals surface area contributed by atoms with Crippen molar-refractivity contribution < 1.29 is 9.53 Å². The van der Waals surface area contributed by atoms with Crippen LogP contribution in [0.3, 0.4) is 0 Å². The summed E-state index contributed by atoms with van der Waals surface area (Å²) in [5.74, 6) is 1.66. The standard InChI is InChI=1S/C13H25N3O2S/c1-5-11-9-16(6-7-19-11)13(14-3)15-8-10(2)12(17)18-4/h10-11H,5-9H2,1-4H3,(H,14,15). The van der Waals surface area contributed by atoms with Crippen LogP contribution in [0.15, 0.2) is 4.99 Å². The van der Waals surface area contributed by atoms with Gasteiger partial charge in [-0.25, -0.2) is 0 Å². The Morgan fingerprint density at radius 2 is 2.37 bits per heavy atom. The molecule has 0 radical (unpaired) electrons. The molecule has 2 unspecified atom stereocenters. The molecule has 0 spiro atoms. The van der Waals surface area contributed by atoms with Gasteiger partial charge in [0.15, 0.2) is 5.96 Å². The Hall–Kier alpha value is -0.910. The van der Waals surface area contributed by atoms with Gasteiger partial charge in [-0.15, -0.1) is 0 Å². The zero-order valence-corrected chi connectivity index (χ0v) is 13.1. The van der Waals surface area contributed by atoms with Gasteiger partial charge in [-0.3, -0.25) is 9.79 Å². The number of ether oxygens (including phenoxy) is 1. The summed E-state index contributed by atoms with van der Waals surface area (Å²) in [7, 11) is 3.20. The van der Waals surface area contributed by atoms with E-state index in [0.717, 1.165) is 24.8 Å².